The molecule has 0 spiro atoms. The maximum atomic E-state index is 13.3. The molecule has 43 heavy (non-hydrogen) atoms. The minimum atomic E-state index is -4.64. The molecule has 1 unspecified atom stereocenters. The van der Waals surface area contributed by atoms with Crippen molar-refractivity contribution in [3.05, 3.63) is 106 Å². The van der Waals surface area contributed by atoms with E-state index in [1.807, 2.05) is 0 Å². The number of aryl methyl sites for hydroxylation is 1. The molecule has 1 fully saturated rings. The molecule has 0 radical (unpaired) electrons. The minimum Gasteiger partial charge on any atom is -0.452 e. The molecule has 2 aromatic carbocycles. The average molecular weight is 605 g/mol. The lowest BCUT2D eigenvalue weighted by Crippen LogP contribution is -2.31. The molecule has 1 atom stereocenters. The van der Waals surface area contributed by atoms with Crippen LogP contribution in [0.5, 0.6) is 11.5 Å². The second-order valence-corrected chi connectivity index (χ2v) is 10.7. The smallest absolute Gasteiger partial charge is 0.433 e. The van der Waals surface area contributed by atoms with Gasteiger partial charge >= 0.3 is 6.18 Å². The summed E-state index contributed by atoms with van der Waals surface area (Å²) in [7, 11) is 1.67. The van der Waals surface area contributed by atoms with Gasteiger partial charge in [0.2, 0.25) is 0 Å². The van der Waals surface area contributed by atoms with E-state index in [0.29, 0.717) is 45.0 Å². The lowest BCUT2D eigenvalue weighted by molar-refractivity contribution is -0.141. The van der Waals surface area contributed by atoms with Crippen LogP contribution in [0.25, 0.3) is 10.9 Å². The monoisotopic (exact) mass is 604 g/mol. The molecule has 6 rings (SSSR count). The van der Waals surface area contributed by atoms with E-state index in [4.69, 9.17) is 26.6 Å². The van der Waals surface area contributed by atoms with Crippen molar-refractivity contribution in [2.75, 3.05) is 18.0 Å². The van der Waals surface area contributed by atoms with E-state index in [9.17, 15) is 18.3 Å². The Bertz CT molecular complexity index is 1850. The number of fused-ring (bicyclic) bond motifs is 1. The summed E-state index contributed by atoms with van der Waals surface area (Å²) in [6, 6.07) is 15.7. The number of pyridine rings is 2. The van der Waals surface area contributed by atoms with Crippen LogP contribution in [0.2, 0.25) is 5.02 Å². The highest BCUT2D eigenvalue weighted by atomic mass is 35.5. The minimum absolute atomic E-state index is 0.107. The third-order valence-corrected chi connectivity index (χ3v) is 7.92. The first-order valence-electron chi connectivity index (χ1n) is 13.4. The molecule has 0 bridgehead atoms. The summed E-state index contributed by atoms with van der Waals surface area (Å²) in [6.07, 6.45) is 1.29. The number of rotatable bonds is 6. The molecular weight excluding hydrogens is 581 g/mol. The Morgan fingerprint density at radius 3 is 2.33 bits per heavy atom. The molecule has 1 N–H and O–H groups in total. The summed E-state index contributed by atoms with van der Waals surface area (Å²) in [4.78, 5) is 14.7. The molecule has 1 aliphatic rings. The summed E-state index contributed by atoms with van der Waals surface area (Å²) in [6.45, 7) is 1.55. The van der Waals surface area contributed by atoms with Gasteiger partial charge < -0.3 is 19.3 Å². The zero-order chi connectivity index (χ0) is 30.4. The van der Waals surface area contributed by atoms with Gasteiger partial charge in [-0.1, -0.05) is 23.7 Å². The summed E-state index contributed by atoms with van der Waals surface area (Å²) < 4.78 is 47.7. The molecule has 1 aliphatic heterocycles. The van der Waals surface area contributed by atoms with Crippen LogP contribution >= 0.6 is 11.6 Å². The Morgan fingerprint density at radius 1 is 1.00 bits per heavy atom. The third kappa shape index (κ3) is 5.13. The SMILES string of the molecule is Cn1cncc1C(O)(c1ccc(C(F)(F)F)nc1)c1ccc2nc(N3CCCC3)c(Oc3ccc(C#N)cc3)c(Cl)c2c1. The highest BCUT2D eigenvalue weighted by Gasteiger charge is 2.39. The molecule has 1 saturated heterocycles. The van der Waals surface area contributed by atoms with Crippen molar-refractivity contribution in [1.82, 2.24) is 19.5 Å². The Balaban J connectivity index is 1.53. The van der Waals surface area contributed by atoms with Crippen LogP contribution in [0.15, 0.2) is 73.3 Å². The number of nitrogens with zero attached hydrogens (tertiary/aromatic N) is 6. The van der Waals surface area contributed by atoms with Crippen LogP contribution in [0.1, 0.15) is 40.9 Å². The van der Waals surface area contributed by atoms with Gasteiger partial charge in [0.1, 0.15) is 11.4 Å². The van der Waals surface area contributed by atoms with Crippen molar-refractivity contribution in [3.8, 4) is 17.6 Å². The zero-order valence-corrected chi connectivity index (χ0v) is 23.6. The molecule has 218 valence electrons. The van der Waals surface area contributed by atoms with E-state index in [-0.39, 0.29) is 10.6 Å². The maximum absolute atomic E-state index is 13.3. The highest BCUT2D eigenvalue weighted by Crippen LogP contribution is 2.45. The number of imidazole rings is 1. The summed E-state index contributed by atoms with van der Waals surface area (Å²) in [5.41, 5.74) is -1.27. The van der Waals surface area contributed by atoms with Crippen LogP contribution in [0.3, 0.4) is 0 Å². The lowest BCUT2D eigenvalue weighted by Gasteiger charge is -2.30. The molecule has 12 heteroatoms. The van der Waals surface area contributed by atoms with Gasteiger partial charge in [-0.2, -0.15) is 18.4 Å². The quantitative estimate of drug-likeness (QED) is 0.234. The van der Waals surface area contributed by atoms with Crippen molar-refractivity contribution in [3.63, 3.8) is 0 Å². The standard InChI is InChI=1S/C31H24ClF3N6O2/c1-40-18-37-17-26(40)30(42,21-7-11-25(38-16-21)31(33,34)35)20-6-10-24-23(14-20)27(32)28(29(39-24)41-12-2-3-13-41)43-22-8-4-19(15-36)5-9-22/h4-11,14,16-18,42H,2-3,12-13H2,1H3. The molecule has 4 heterocycles. The van der Waals surface area contributed by atoms with Gasteiger partial charge in [-0.05, 0) is 60.9 Å². The largest absolute Gasteiger partial charge is 0.452 e. The fourth-order valence-corrected chi connectivity index (χ4v) is 5.59. The molecule has 0 aliphatic carbocycles. The van der Waals surface area contributed by atoms with E-state index in [1.165, 1.54) is 18.6 Å². The molecule has 0 saturated carbocycles. The predicted octanol–water partition coefficient (Wildman–Crippen LogP) is 6.58. The Morgan fingerprint density at radius 2 is 1.72 bits per heavy atom. The lowest BCUT2D eigenvalue weighted by atomic mass is 9.83. The Kier molecular flexibility index (Phi) is 7.20. The topological polar surface area (TPSA) is 100 Å². The fraction of sp³-hybridized carbons (Fsp3) is 0.226. The highest BCUT2D eigenvalue weighted by molar-refractivity contribution is 6.37. The van der Waals surface area contributed by atoms with Gasteiger partial charge in [-0.25, -0.2) is 9.97 Å². The van der Waals surface area contributed by atoms with Crippen LogP contribution < -0.4 is 9.64 Å². The summed E-state index contributed by atoms with van der Waals surface area (Å²) >= 11 is 7.05. The number of aliphatic hydroxyl groups is 1. The van der Waals surface area contributed by atoms with Crippen molar-refractivity contribution < 1.29 is 23.0 Å². The van der Waals surface area contributed by atoms with Gasteiger partial charge in [-0.3, -0.25) is 4.98 Å². The van der Waals surface area contributed by atoms with Crippen LogP contribution in [0, 0.1) is 11.3 Å². The molecule has 0 amide bonds. The molecule has 5 aromatic rings. The predicted molar refractivity (Wildman–Crippen MR) is 154 cm³/mol. The van der Waals surface area contributed by atoms with E-state index in [1.54, 1.807) is 54.1 Å². The third-order valence-electron chi connectivity index (χ3n) is 7.55. The number of anilines is 1. The Hall–Kier alpha value is -4.66. The fourth-order valence-electron chi connectivity index (χ4n) is 5.31. The maximum Gasteiger partial charge on any atom is 0.433 e. The molecule has 3 aromatic heterocycles. The van der Waals surface area contributed by atoms with Crippen molar-refractivity contribution >= 4 is 28.3 Å². The summed E-state index contributed by atoms with van der Waals surface area (Å²) in [5.74, 6) is 1.35. The number of hydrogen-bond acceptors (Lipinski definition) is 7. The first-order chi connectivity index (χ1) is 20.6. The number of ether oxygens (including phenoxy) is 1. The van der Waals surface area contributed by atoms with Crippen molar-refractivity contribution in [2.45, 2.75) is 24.6 Å². The summed E-state index contributed by atoms with van der Waals surface area (Å²) in [5, 5.41) is 22.2. The first-order valence-corrected chi connectivity index (χ1v) is 13.8. The van der Waals surface area contributed by atoms with Crippen LogP contribution in [-0.4, -0.2) is 37.7 Å². The number of nitriles is 1. The number of benzene rings is 2. The second-order valence-electron chi connectivity index (χ2n) is 10.3. The Labute approximate surface area is 249 Å². The van der Waals surface area contributed by atoms with E-state index in [0.717, 1.165) is 38.2 Å². The number of hydrogen-bond donors (Lipinski definition) is 1. The van der Waals surface area contributed by atoms with E-state index >= 15 is 0 Å². The normalized spacial score (nSPS) is 15.0. The second kappa shape index (κ2) is 10.9. The molecule has 8 nitrogen and oxygen atoms in total. The van der Waals surface area contributed by atoms with Gasteiger partial charge in [0.05, 0.1) is 40.4 Å². The van der Waals surface area contributed by atoms with Crippen molar-refractivity contribution in [1.29, 1.82) is 5.26 Å². The molecular formula is C31H24ClF3N6O2. The van der Waals surface area contributed by atoms with Crippen molar-refractivity contribution in [2.24, 2.45) is 7.05 Å². The van der Waals surface area contributed by atoms with Gasteiger partial charge in [-0.15, -0.1) is 0 Å². The van der Waals surface area contributed by atoms with Crippen LogP contribution in [-0.2, 0) is 18.8 Å². The van der Waals surface area contributed by atoms with Crippen LogP contribution in [0.4, 0.5) is 19.0 Å². The van der Waals surface area contributed by atoms with Gasteiger partial charge in [0.15, 0.2) is 17.2 Å². The van der Waals surface area contributed by atoms with E-state index < -0.39 is 17.5 Å². The van der Waals surface area contributed by atoms with Gasteiger partial charge in [0.25, 0.3) is 0 Å². The zero-order valence-electron chi connectivity index (χ0n) is 22.8. The number of alkyl halides is 3. The first kappa shape index (κ1) is 28.5. The van der Waals surface area contributed by atoms with E-state index in [2.05, 4.69) is 20.9 Å². The average Bonchev–Trinajstić information content (AvgIpc) is 3.70. The number of aromatic nitrogens is 4. The number of halogens is 4. The van der Waals surface area contributed by atoms with Gasteiger partial charge in [0, 0.05) is 37.3 Å².